The smallest absolute Gasteiger partial charge is 0.300 e. The van der Waals surface area contributed by atoms with Gasteiger partial charge in [0.1, 0.15) is 30.0 Å². The third kappa shape index (κ3) is 2.18. The number of aromatic nitrogens is 9. The van der Waals surface area contributed by atoms with Crippen LogP contribution in [-0.4, -0.2) is 38.6 Å². The van der Waals surface area contributed by atoms with Crippen molar-refractivity contribution in [3.05, 3.63) is 73.8 Å². The van der Waals surface area contributed by atoms with E-state index in [1.54, 1.807) is 21.4 Å². The van der Waals surface area contributed by atoms with Crippen molar-refractivity contribution in [2.45, 2.75) is 0 Å². The van der Waals surface area contributed by atoms with Crippen molar-refractivity contribution in [3.63, 3.8) is 0 Å². The Morgan fingerprint density at radius 3 is 2.70 bits per heavy atom. The van der Waals surface area contributed by atoms with E-state index in [0.717, 1.165) is 34.1 Å². The molecule has 6 aromatic rings. The van der Waals surface area contributed by atoms with Crippen molar-refractivity contribution in [1.82, 2.24) is 38.6 Å². The van der Waals surface area contributed by atoms with Crippen LogP contribution >= 0.6 is 0 Å². The van der Waals surface area contributed by atoms with E-state index in [0.29, 0.717) is 0 Å². The lowest BCUT2D eigenvalue weighted by Crippen LogP contribution is -2.30. The van der Waals surface area contributed by atoms with E-state index >= 15 is 0 Å². The van der Waals surface area contributed by atoms with Crippen molar-refractivity contribution in [2.24, 2.45) is 0 Å². The van der Waals surface area contributed by atoms with Gasteiger partial charge in [-0.2, -0.15) is 19.3 Å². The fourth-order valence-electron chi connectivity index (χ4n) is 3.09. The summed E-state index contributed by atoms with van der Waals surface area (Å²) in [5.41, 5.74) is 3.90. The van der Waals surface area contributed by atoms with Crippen molar-refractivity contribution >= 4 is 16.9 Å². The van der Waals surface area contributed by atoms with E-state index in [2.05, 4.69) is 25.1 Å². The third-order valence-corrected chi connectivity index (χ3v) is 4.41. The number of fused-ring (bicyclic) bond motifs is 3. The van der Waals surface area contributed by atoms with E-state index in [4.69, 9.17) is 0 Å². The number of imidazole rings is 2. The number of hydrogen-bond acceptors (Lipinski definition) is 5. The van der Waals surface area contributed by atoms with E-state index in [1.807, 2.05) is 70.4 Å². The molecule has 0 fully saturated rings. The highest BCUT2D eigenvalue weighted by atomic mass is 15.3. The monoisotopic (exact) mass is 354 g/mol. The first-order valence-electron chi connectivity index (χ1n) is 8.35. The molecule has 0 aromatic carbocycles. The van der Waals surface area contributed by atoms with Crippen LogP contribution in [0.5, 0.6) is 0 Å². The maximum Gasteiger partial charge on any atom is 0.349 e. The highest BCUT2D eigenvalue weighted by Crippen LogP contribution is 2.17. The molecule has 6 heterocycles. The predicted octanol–water partition coefficient (Wildman–Crippen LogP) is 1.36. The molecule has 0 unspecified atom stereocenters. The van der Waals surface area contributed by atoms with Crippen molar-refractivity contribution in [1.29, 1.82) is 0 Å². The molecule has 0 aliphatic heterocycles. The van der Waals surface area contributed by atoms with Gasteiger partial charge in [-0.05, 0) is 17.1 Å². The molecule has 0 radical (unpaired) electrons. The Kier molecular flexibility index (Phi) is 2.70. The van der Waals surface area contributed by atoms with Crippen molar-refractivity contribution < 1.29 is 4.57 Å². The first kappa shape index (κ1) is 14.1. The zero-order chi connectivity index (χ0) is 17.8. The zero-order valence-corrected chi connectivity index (χ0v) is 14.0. The van der Waals surface area contributed by atoms with E-state index in [-0.39, 0.29) is 0 Å². The molecule has 0 N–H and O–H groups in total. The SMILES string of the molecule is c1cnc2cc(-c3ccc4nc(-[n+]5ccn6ccnc6c5)cn4n3)nn2c1. The van der Waals surface area contributed by atoms with Gasteiger partial charge in [-0.25, -0.2) is 14.5 Å². The summed E-state index contributed by atoms with van der Waals surface area (Å²) in [7, 11) is 0. The lowest BCUT2D eigenvalue weighted by Gasteiger charge is -1.95. The topological polar surface area (TPSA) is 81.6 Å². The summed E-state index contributed by atoms with van der Waals surface area (Å²) in [5.74, 6) is 0.766. The van der Waals surface area contributed by atoms with E-state index in [1.165, 1.54) is 0 Å². The van der Waals surface area contributed by atoms with Crippen LogP contribution in [0, 0.1) is 0 Å². The Morgan fingerprint density at radius 2 is 1.74 bits per heavy atom. The van der Waals surface area contributed by atoms with Gasteiger partial charge in [0.05, 0.1) is 6.20 Å². The Balaban J connectivity index is 1.46. The molecule has 0 saturated carbocycles. The molecule has 9 heteroatoms. The van der Waals surface area contributed by atoms with E-state index in [9.17, 15) is 0 Å². The number of nitrogens with zero attached hydrogens (tertiary/aromatic N) is 9. The summed E-state index contributed by atoms with van der Waals surface area (Å²) in [6.07, 6.45) is 15.0. The van der Waals surface area contributed by atoms with E-state index < -0.39 is 0 Å². The molecule has 6 rings (SSSR count). The summed E-state index contributed by atoms with van der Waals surface area (Å²) in [6, 6.07) is 7.59. The average molecular weight is 354 g/mol. The van der Waals surface area contributed by atoms with Crippen molar-refractivity contribution in [3.8, 4) is 17.2 Å². The maximum absolute atomic E-state index is 4.66. The van der Waals surface area contributed by atoms with Gasteiger partial charge in [-0.15, -0.1) is 0 Å². The highest BCUT2D eigenvalue weighted by Gasteiger charge is 2.16. The van der Waals surface area contributed by atoms with Crippen LogP contribution < -0.4 is 4.57 Å². The summed E-state index contributed by atoms with van der Waals surface area (Å²) >= 11 is 0. The van der Waals surface area contributed by atoms with Gasteiger partial charge >= 0.3 is 5.82 Å². The van der Waals surface area contributed by atoms with Crippen LogP contribution in [0.3, 0.4) is 0 Å². The summed E-state index contributed by atoms with van der Waals surface area (Å²) < 4.78 is 7.35. The Labute approximate surface area is 151 Å². The second-order valence-corrected chi connectivity index (χ2v) is 6.10. The fourth-order valence-corrected chi connectivity index (χ4v) is 3.09. The predicted molar refractivity (Wildman–Crippen MR) is 95.3 cm³/mol. The Hall–Kier alpha value is -4.14. The van der Waals surface area contributed by atoms with Gasteiger partial charge in [-0.3, -0.25) is 0 Å². The minimum atomic E-state index is 0.755. The molecular formula is C18H12N9+. The number of hydrogen-bond donors (Lipinski definition) is 0. The molecule has 0 bridgehead atoms. The third-order valence-electron chi connectivity index (χ3n) is 4.41. The molecular weight excluding hydrogens is 342 g/mol. The molecule has 9 nitrogen and oxygen atoms in total. The molecule has 0 spiro atoms. The first-order valence-corrected chi connectivity index (χ1v) is 8.35. The second kappa shape index (κ2) is 5.18. The molecule has 0 saturated heterocycles. The summed E-state index contributed by atoms with van der Waals surface area (Å²) in [4.78, 5) is 13.2. The fraction of sp³-hybridized carbons (Fsp3) is 0. The lowest BCUT2D eigenvalue weighted by molar-refractivity contribution is -0.598. The molecule has 128 valence electrons. The van der Waals surface area contributed by atoms with Crippen LogP contribution in [0.2, 0.25) is 0 Å². The van der Waals surface area contributed by atoms with Gasteiger partial charge < -0.3 is 4.40 Å². The van der Waals surface area contributed by atoms with Gasteiger partial charge in [0.2, 0.25) is 0 Å². The Bertz CT molecular complexity index is 1410. The standard InChI is InChI=1S/C18H12N9/c1-4-19-16-10-14(23-26(16)6-1)13-2-3-15-21-18(12-27(15)22-13)25-9-8-24-7-5-20-17(24)11-25/h1-12H/q+1. The van der Waals surface area contributed by atoms with Crippen LogP contribution in [-0.2, 0) is 0 Å². The van der Waals surface area contributed by atoms with Crippen molar-refractivity contribution in [2.75, 3.05) is 0 Å². The maximum atomic E-state index is 4.66. The van der Waals surface area contributed by atoms with Crippen LogP contribution in [0.15, 0.2) is 73.8 Å². The van der Waals surface area contributed by atoms with Crippen LogP contribution in [0.25, 0.3) is 34.1 Å². The quantitative estimate of drug-likeness (QED) is 0.439. The largest absolute Gasteiger partial charge is 0.349 e. The van der Waals surface area contributed by atoms with Crippen LogP contribution in [0.4, 0.5) is 0 Å². The summed E-state index contributed by atoms with van der Waals surface area (Å²) in [5, 5.41) is 9.18. The van der Waals surface area contributed by atoms with Crippen LogP contribution in [0.1, 0.15) is 0 Å². The lowest BCUT2D eigenvalue weighted by atomic mass is 10.3. The average Bonchev–Trinajstić information content (AvgIpc) is 3.42. The zero-order valence-electron chi connectivity index (χ0n) is 14.0. The summed E-state index contributed by atoms with van der Waals surface area (Å²) in [6.45, 7) is 0. The van der Waals surface area contributed by atoms with Gasteiger partial charge in [0, 0.05) is 36.9 Å². The van der Waals surface area contributed by atoms with Gasteiger partial charge in [0.25, 0.3) is 5.65 Å². The van der Waals surface area contributed by atoms with Gasteiger partial charge in [-0.1, -0.05) is 0 Å². The molecule has 0 atom stereocenters. The second-order valence-electron chi connectivity index (χ2n) is 6.10. The normalized spacial score (nSPS) is 11.7. The molecule has 0 aliphatic rings. The highest BCUT2D eigenvalue weighted by molar-refractivity contribution is 5.61. The first-order chi connectivity index (χ1) is 13.3. The minimum absolute atomic E-state index is 0.755. The number of rotatable bonds is 2. The van der Waals surface area contributed by atoms with Gasteiger partial charge in [0.15, 0.2) is 11.3 Å². The molecule has 6 aromatic heterocycles. The minimum Gasteiger partial charge on any atom is -0.300 e. The molecule has 0 amide bonds. The molecule has 0 aliphatic carbocycles. The molecule has 27 heavy (non-hydrogen) atoms. The Morgan fingerprint density at radius 1 is 0.815 bits per heavy atom.